The minimum atomic E-state index is -4.67. The molecule has 2 N–H and O–H groups in total. The van der Waals surface area contributed by atoms with Crippen LogP contribution in [0.25, 0.3) is 0 Å². The van der Waals surface area contributed by atoms with Gasteiger partial charge in [0.05, 0.1) is 0 Å². The maximum atomic E-state index is 10.5. The van der Waals surface area contributed by atoms with Crippen LogP contribution in [0.15, 0.2) is 0 Å². The van der Waals surface area contributed by atoms with Crippen LogP contribution in [0.5, 0.6) is 0 Å². The zero-order chi connectivity index (χ0) is 10.9. The fourth-order valence-corrected chi connectivity index (χ4v) is 3.40. The summed E-state index contributed by atoms with van der Waals surface area (Å²) in [6.07, 6.45) is -0.215. The van der Waals surface area contributed by atoms with Gasteiger partial charge in [-0.3, -0.25) is 9.11 Å². The van der Waals surface area contributed by atoms with Crippen LogP contribution in [0, 0.1) is 0 Å². The molecule has 0 aromatic rings. The quantitative estimate of drug-likeness (QED) is 0.543. The Morgan fingerprint density at radius 2 is 1.54 bits per heavy atom. The maximum Gasteiger partial charge on any atom is 0.283 e. The van der Waals surface area contributed by atoms with E-state index in [2.05, 4.69) is 0 Å². The molecular formula is C4H9ClO6S2. The largest absolute Gasteiger partial charge is 0.285 e. The minimum absolute atomic E-state index is 0.215. The smallest absolute Gasteiger partial charge is 0.283 e. The Morgan fingerprint density at radius 1 is 1.15 bits per heavy atom. The van der Waals surface area contributed by atoms with Crippen LogP contribution in [0.3, 0.4) is 0 Å². The predicted molar refractivity (Wildman–Crippen MR) is 46.8 cm³/mol. The van der Waals surface area contributed by atoms with Crippen molar-refractivity contribution in [3.63, 3.8) is 0 Å². The van der Waals surface area contributed by atoms with Gasteiger partial charge in [0.15, 0.2) is 4.71 Å². The standard InChI is InChI=1S/C4H9ClO6S2/c1-2-3(12(6,7)8)4(5)13(9,10)11/h3-4H,2H2,1H3,(H,6,7,8)(H,9,10,11). The van der Waals surface area contributed by atoms with Crippen LogP contribution in [0.2, 0.25) is 0 Å². The second-order valence-electron chi connectivity index (χ2n) is 2.33. The highest BCUT2D eigenvalue weighted by Crippen LogP contribution is 2.19. The highest BCUT2D eigenvalue weighted by atomic mass is 35.5. The van der Waals surface area contributed by atoms with Crippen LogP contribution in [-0.2, 0) is 20.2 Å². The monoisotopic (exact) mass is 252 g/mol. The molecule has 0 fully saturated rings. The van der Waals surface area contributed by atoms with Crippen LogP contribution >= 0.6 is 11.6 Å². The van der Waals surface area contributed by atoms with Crippen molar-refractivity contribution in [3.05, 3.63) is 0 Å². The summed E-state index contributed by atoms with van der Waals surface area (Å²) in [7, 11) is -9.24. The summed E-state index contributed by atoms with van der Waals surface area (Å²) < 4.78 is 56.8. The van der Waals surface area contributed by atoms with Gasteiger partial charge < -0.3 is 0 Å². The Morgan fingerprint density at radius 3 is 1.62 bits per heavy atom. The third-order valence-corrected chi connectivity index (χ3v) is 4.93. The first-order valence-corrected chi connectivity index (χ1v) is 6.61. The van der Waals surface area contributed by atoms with E-state index in [1.165, 1.54) is 6.92 Å². The molecular weight excluding hydrogens is 244 g/mol. The molecule has 9 heteroatoms. The molecule has 0 aliphatic rings. The van der Waals surface area contributed by atoms with Crippen molar-refractivity contribution in [2.75, 3.05) is 0 Å². The second kappa shape index (κ2) is 4.09. The molecule has 0 amide bonds. The predicted octanol–water partition coefficient (Wildman–Crippen LogP) is 0.106. The van der Waals surface area contributed by atoms with Gasteiger partial charge >= 0.3 is 0 Å². The molecule has 0 aliphatic carbocycles. The molecule has 0 saturated heterocycles. The van der Waals surface area contributed by atoms with Gasteiger partial charge in [-0.15, -0.1) is 11.6 Å². The average Bonchev–Trinajstić information content (AvgIpc) is 1.83. The van der Waals surface area contributed by atoms with Gasteiger partial charge in [-0.2, -0.15) is 16.8 Å². The van der Waals surface area contributed by atoms with Gasteiger partial charge in [0, 0.05) is 0 Å². The Hall–Kier alpha value is 0.110. The molecule has 0 aliphatic heterocycles. The summed E-state index contributed by atoms with van der Waals surface area (Å²) in [6, 6.07) is 0. The van der Waals surface area contributed by atoms with Crippen molar-refractivity contribution < 1.29 is 25.9 Å². The van der Waals surface area contributed by atoms with E-state index in [4.69, 9.17) is 20.7 Å². The SMILES string of the molecule is CCC(C(Cl)S(=O)(=O)O)S(=O)(=O)O. The van der Waals surface area contributed by atoms with E-state index in [-0.39, 0.29) is 6.42 Å². The lowest BCUT2D eigenvalue weighted by molar-refractivity contribution is 0.450. The van der Waals surface area contributed by atoms with Gasteiger partial charge in [0.2, 0.25) is 0 Å². The Bertz CT molecular complexity index is 356. The van der Waals surface area contributed by atoms with Gasteiger partial charge in [-0.25, -0.2) is 0 Å². The lowest BCUT2D eigenvalue weighted by atomic mass is 10.4. The molecule has 80 valence electrons. The van der Waals surface area contributed by atoms with Crippen LogP contribution in [-0.4, -0.2) is 35.9 Å². The number of hydrogen-bond acceptors (Lipinski definition) is 4. The fraction of sp³-hybridized carbons (Fsp3) is 1.00. The first-order chi connectivity index (χ1) is 5.60. The summed E-state index contributed by atoms with van der Waals surface area (Å²) in [5.41, 5.74) is 0. The Labute approximate surface area is 81.4 Å². The number of halogens is 1. The number of alkyl halides is 1. The number of hydrogen-bond donors (Lipinski definition) is 2. The highest BCUT2D eigenvalue weighted by molar-refractivity contribution is 7.91. The summed E-state index contributed by atoms with van der Waals surface area (Å²) in [5, 5.41) is -1.72. The molecule has 0 radical (unpaired) electrons. The summed E-state index contributed by atoms with van der Waals surface area (Å²) in [4.78, 5) is 0. The second-order valence-corrected chi connectivity index (χ2v) is 6.23. The van der Waals surface area contributed by atoms with E-state index in [0.29, 0.717) is 0 Å². The molecule has 13 heavy (non-hydrogen) atoms. The third kappa shape index (κ3) is 3.77. The van der Waals surface area contributed by atoms with E-state index in [9.17, 15) is 16.8 Å². The van der Waals surface area contributed by atoms with E-state index in [0.717, 1.165) is 0 Å². The van der Waals surface area contributed by atoms with Crippen molar-refractivity contribution in [1.29, 1.82) is 0 Å². The summed E-state index contributed by atoms with van der Waals surface area (Å²) in [6.45, 7) is 1.32. The molecule has 2 atom stereocenters. The van der Waals surface area contributed by atoms with E-state index in [1.54, 1.807) is 0 Å². The van der Waals surface area contributed by atoms with Gasteiger partial charge in [0.1, 0.15) is 5.25 Å². The Kier molecular flexibility index (Phi) is 4.13. The maximum absolute atomic E-state index is 10.5. The molecule has 0 saturated carbocycles. The topological polar surface area (TPSA) is 109 Å². The molecule has 6 nitrogen and oxygen atoms in total. The van der Waals surface area contributed by atoms with Crippen molar-refractivity contribution in [2.24, 2.45) is 0 Å². The average molecular weight is 253 g/mol. The molecule has 2 unspecified atom stereocenters. The zero-order valence-corrected chi connectivity index (χ0v) is 8.97. The van der Waals surface area contributed by atoms with Crippen molar-refractivity contribution in [3.8, 4) is 0 Å². The molecule has 0 heterocycles. The van der Waals surface area contributed by atoms with Gasteiger partial charge in [-0.1, -0.05) is 6.92 Å². The minimum Gasteiger partial charge on any atom is -0.285 e. The first kappa shape index (κ1) is 13.1. The molecule has 0 spiro atoms. The lowest BCUT2D eigenvalue weighted by Crippen LogP contribution is -2.35. The van der Waals surface area contributed by atoms with Gasteiger partial charge in [-0.05, 0) is 6.42 Å². The summed E-state index contributed by atoms with van der Waals surface area (Å²) in [5.74, 6) is 0. The molecule has 0 rings (SSSR count). The number of rotatable bonds is 4. The third-order valence-electron chi connectivity index (χ3n) is 1.36. The zero-order valence-electron chi connectivity index (χ0n) is 6.58. The van der Waals surface area contributed by atoms with E-state index >= 15 is 0 Å². The van der Waals surface area contributed by atoms with Crippen molar-refractivity contribution >= 4 is 31.8 Å². The molecule has 0 aromatic carbocycles. The van der Waals surface area contributed by atoms with E-state index in [1.807, 2.05) is 0 Å². The molecule has 0 bridgehead atoms. The van der Waals surface area contributed by atoms with Crippen molar-refractivity contribution in [1.82, 2.24) is 0 Å². The van der Waals surface area contributed by atoms with Crippen LogP contribution in [0.4, 0.5) is 0 Å². The lowest BCUT2D eigenvalue weighted by Gasteiger charge is -2.14. The van der Waals surface area contributed by atoms with E-state index < -0.39 is 30.2 Å². The summed E-state index contributed by atoms with van der Waals surface area (Å²) >= 11 is 5.13. The molecule has 0 aromatic heterocycles. The van der Waals surface area contributed by atoms with Crippen molar-refractivity contribution in [2.45, 2.75) is 23.3 Å². The van der Waals surface area contributed by atoms with Gasteiger partial charge in [0.25, 0.3) is 20.2 Å². The fourth-order valence-electron chi connectivity index (χ4n) is 0.723. The van der Waals surface area contributed by atoms with Crippen LogP contribution < -0.4 is 0 Å². The normalized spacial score (nSPS) is 18.2. The highest BCUT2D eigenvalue weighted by Gasteiger charge is 2.37. The van der Waals surface area contributed by atoms with Crippen LogP contribution in [0.1, 0.15) is 13.3 Å². The Balaban J connectivity index is 5.05. The first-order valence-electron chi connectivity index (χ1n) is 3.17.